The van der Waals surface area contributed by atoms with E-state index in [0.717, 1.165) is 6.07 Å². The number of nitrogens with zero attached hydrogens (tertiary/aromatic N) is 2. The summed E-state index contributed by atoms with van der Waals surface area (Å²) in [5.41, 5.74) is -0.795. The highest BCUT2D eigenvalue weighted by Gasteiger charge is 2.33. The van der Waals surface area contributed by atoms with E-state index in [1.54, 1.807) is 0 Å². The van der Waals surface area contributed by atoms with Crippen molar-refractivity contribution in [1.29, 1.82) is 0 Å². The SMILES string of the molecule is C#CCNC(=NCCNc1ncccc1C(F)(F)F)NCC.I. The number of hydrogen-bond acceptors (Lipinski definition) is 3. The molecule has 0 radical (unpaired) electrons. The van der Waals surface area contributed by atoms with Crippen molar-refractivity contribution in [2.45, 2.75) is 13.1 Å². The van der Waals surface area contributed by atoms with Crippen molar-refractivity contribution in [1.82, 2.24) is 15.6 Å². The minimum atomic E-state index is -4.44. The third-order valence-corrected chi connectivity index (χ3v) is 2.49. The second-order valence-electron chi connectivity index (χ2n) is 4.14. The molecule has 0 saturated heterocycles. The summed E-state index contributed by atoms with van der Waals surface area (Å²) in [5, 5.41) is 8.49. The van der Waals surface area contributed by atoms with E-state index in [1.165, 1.54) is 12.3 Å². The van der Waals surface area contributed by atoms with Gasteiger partial charge in [0.25, 0.3) is 0 Å². The van der Waals surface area contributed by atoms with Crippen LogP contribution in [0.2, 0.25) is 0 Å². The van der Waals surface area contributed by atoms with Gasteiger partial charge >= 0.3 is 6.18 Å². The maximum absolute atomic E-state index is 12.8. The summed E-state index contributed by atoms with van der Waals surface area (Å²) in [7, 11) is 0. The van der Waals surface area contributed by atoms with Crippen molar-refractivity contribution in [2.75, 3.05) is 31.5 Å². The van der Waals surface area contributed by atoms with Gasteiger partial charge in [0.15, 0.2) is 5.96 Å². The molecule has 0 bridgehead atoms. The van der Waals surface area contributed by atoms with Crippen LogP contribution in [0.1, 0.15) is 12.5 Å². The molecule has 0 aliphatic carbocycles. The van der Waals surface area contributed by atoms with Crippen molar-refractivity contribution in [3.63, 3.8) is 0 Å². The monoisotopic (exact) mass is 441 g/mol. The second kappa shape index (κ2) is 10.9. The highest BCUT2D eigenvalue weighted by Crippen LogP contribution is 2.33. The Bertz CT molecular complexity index is 540. The van der Waals surface area contributed by atoms with Gasteiger partial charge in [-0.2, -0.15) is 13.2 Å². The maximum atomic E-state index is 12.8. The molecule has 23 heavy (non-hydrogen) atoms. The van der Waals surface area contributed by atoms with Crippen LogP contribution in [-0.4, -0.2) is 37.1 Å². The minimum absolute atomic E-state index is 0. The van der Waals surface area contributed by atoms with Gasteiger partial charge in [-0.25, -0.2) is 4.98 Å². The zero-order chi connectivity index (χ0) is 16.4. The van der Waals surface area contributed by atoms with Gasteiger partial charge in [-0.1, -0.05) is 5.92 Å². The fraction of sp³-hybridized carbons (Fsp3) is 0.429. The number of aliphatic imine (C=N–C) groups is 1. The van der Waals surface area contributed by atoms with Crippen LogP contribution in [0.25, 0.3) is 0 Å². The first-order valence-corrected chi connectivity index (χ1v) is 6.70. The molecular weight excluding hydrogens is 422 g/mol. The summed E-state index contributed by atoms with van der Waals surface area (Å²) in [5.74, 6) is 2.73. The van der Waals surface area contributed by atoms with Gasteiger partial charge in [-0.05, 0) is 19.1 Å². The number of pyridine rings is 1. The zero-order valence-corrected chi connectivity index (χ0v) is 14.9. The minimum Gasteiger partial charge on any atom is -0.368 e. The maximum Gasteiger partial charge on any atom is 0.419 e. The normalized spacial score (nSPS) is 11.2. The van der Waals surface area contributed by atoms with Gasteiger partial charge in [-0.3, -0.25) is 4.99 Å². The van der Waals surface area contributed by atoms with Crippen LogP contribution in [0.4, 0.5) is 19.0 Å². The van der Waals surface area contributed by atoms with Crippen molar-refractivity contribution in [3.8, 4) is 12.3 Å². The molecule has 1 aromatic heterocycles. The quantitative estimate of drug-likeness (QED) is 0.209. The van der Waals surface area contributed by atoms with Crippen LogP contribution < -0.4 is 16.0 Å². The smallest absolute Gasteiger partial charge is 0.368 e. The van der Waals surface area contributed by atoms with E-state index in [9.17, 15) is 13.2 Å². The summed E-state index contributed by atoms with van der Waals surface area (Å²) in [6.07, 6.45) is 2.00. The molecule has 0 atom stereocenters. The largest absolute Gasteiger partial charge is 0.419 e. The van der Waals surface area contributed by atoms with Gasteiger partial charge in [0, 0.05) is 19.3 Å². The molecule has 0 aliphatic heterocycles. The van der Waals surface area contributed by atoms with E-state index in [1.807, 2.05) is 6.92 Å². The third-order valence-electron chi connectivity index (χ3n) is 2.49. The predicted octanol–water partition coefficient (Wildman–Crippen LogP) is 2.32. The van der Waals surface area contributed by atoms with Crippen LogP contribution >= 0.6 is 24.0 Å². The van der Waals surface area contributed by atoms with Gasteiger partial charge in [0.05, 0.1) is 18.7 Å². The molecule has 3 N–H and O–H groups in total. The predicted molar refractivity (Wildman–Crippen MR) is 96.0 cm³/mol. The number of alkyl halides is 3. The van der Waals surface area contributed by atoms with Crippen LogP contribution in [0.5, 0.6) is 0 Å². The van der Waals surface area contributed by atoms with E-state index < -0.39 is 11.7 Å². The van der Waals surface area contributed by atoms with Crippen LogP contribution in [-0.2, 0) is 6.18 Å². The van der Waals surface area contributed by atoms with Crippen LogP contribution in [0, 0.1) is 12.3 Å². The average Bonchev–Trinajstić information content (AvgIpc) is 2.48. The Morgan fingerprint density at radius 3 is 2.74 bits per heavy atom. The lowest BCUT2D eigenvalue weighted by Gasteiger charge is -2.13. The number of aromatic nitrogens is 1. The van der Waals surface area contributed by atoms with Crippen molar-refractivity contribution < 1.29 is 13.2 Å². The van der Waals surface area contributed by atoms with E-state index in [4.69, 9.17) is 6.42 Å². The molecule has 0 unspecified atom stereocenters. The molecule has 0 fully saturated rings. The molecule has 1 rings (SSSR count). The molecule has 1 aromatic rings. The summed E-state index contributed by atoms with van der Waals surface area (Å²) < 4.78 is 38.3. The standard InChI is InChI=1S/C14H18F3N5.HI/c1-3-7-21-13(18-4-2)22-10-9-20-12-11(14(15,16)17)6-5-8-19-12;/h1,5-6,8H,4,7,9-10H2,2H3,(H,19,20)(H2,18,21,22);1H. The first-order chi connectivity index (χ1) is 10.5. The Balaban J connectivity index is 0.00000484. The fourth-order valence-corrected chi connectivity index (χ4v) is 1.59. The number of terminal acetylenes is 1. The fourth-order valence-electron chi connectivity index (χ4n) is 1.59. The first kappa shape index (κ1) is 21.3. The molecule has 0 saturated carbocycles. The van der Waals surface area contributed by atoms with Crippen LogP contribution in [0.15, 0.2) is 23.3 Å². The van der Waals surface area contributed by atoms with Crippen LogP contribution in [0.3, 0.4) is 0 Å². The van der Waals surface area contributed by atoms with Crippen molar-refractivity contribution in [3.05, 3.63) is 23.9 Å². The van der Waals surface area contributed by atoms with Gasteiger partial charge in [0.1, 0.15) is 5.82 Å². The number of rotatable bonds is 6. The first-order valence-electron chi connectivity index (χ1n) is 6.70. The molecule has 0 aliphatic rings. The van der Waals surface area contributed by atoms with Crippen molar-refractivity contribution in [2.24, 2.45) is 4.99 Å². The van der Waals surface area contributed by atoms with E-state index in [-0.39, 0.29) is 42.9 Å². The van der Waals surface area contributed by atoms with E-state index in [2.05, 4.69) is 31.8 Å². The second-order valence-corrected chi connectivity index (χ2v) is 4.14. The highest BCUT2D eigenvalue weighted by molar-refractivity contribution is 14.0. The van der Waals surface area contributed by atoms with Gasteiger partial charge < -0.3 is 16.0 Å². The molecule has 0 aromatic carbocycles. The Morgan fingerprint density at radius 1 is 1.39 bits per heavy atom. The Kier molecular flexibility index (Phi) is 10.1. The van der Waals surface area contributed by atoms with Gasteiger partial charge in [-0.15, -0.1) is 30.4 Å². The van der Waals surface area contributed by atoms with Crippen molar-refractivity contribution >= 4 is 35.8 Å². The Morgan fingerprint density at radius 2 is 2.13 bits per heavy atom. The van der Waals surface area contributed by atoms with E-state index in [0.29, 0.717) is 19.0 Å². The number of halogens is 4. The summed E-state index contributed by atoms with van der Waals surface area (Å²) in [6.45, 7) is 3.36. The number of guanidine groups is 1. The summed E-state index contributed by atoms with van der Waals surface area (Å²) >= 11 is 0. The third kappa shape index (κ3) is 7.92. The lowest BCUT2D eigenvalue weighted by molar-refractivity contribution is -0.137. The highest BCUT2D eigenvalue weighted by atomic mass is 127. The average molecular weight is 441 g/mol. The lowest BCUT2D eigenvalue weighted by Crippen LogP contribution is -2.37. The molecule has 128 valence electrons. The van der Waals surface area contributed by atoms with E-state index >= 15 is 0 Å². The molecule has 9 heteroatoms. The topological polar surface area (TPSA) is 61.3 Å². The molecule has 1 heterocycles. The molecule has 5 nitrogen and oxygen atoms in total. The molecule has 0 amide bonds. The Hall–Kier alpha value is -1.70. The summed E-state index contributed by atoms with van der Waals surface area (Å²) in [4.78, 5) is 7.90. The zero-order valence-electron chi connectivity index (χ0n) is 12.6. The van der Waals surface area contributed by atoms with Gasteiger partial charge in [0.2, 0.25) is 0 Å². The number of anilines is 1. The molecule has 0 spiro atoms. The lowest BCUT2D eigenvalue weighted by atomic mass is 10.2. The number of nitrogens with one attached hydrogen (secondary N) is 3. The Labute approximate surface area is 150 Å². The number of hydrogen-bond donors (Lipinski definition) is 3. The summed E-state index contributed by atoms with van der Waals surface area (Å²) in [6, 6.07) is 2.23. The molecular formula is C14H19F3IN5.